The zero-order valence-corrected chi connectivity index (χ0v) is 15.8. The van der Waals surface area contributed by atoms with Crippen molar-refractivity contribution in [3.05, 3.63) is 65.0 Å². The van der Waals surface area contributed by atoms with Crippen LogP contribution in [0.3, 0.4) is 0 Å². The lowest BCUT2D eigenvalue weighted by molar-refractivity contribution is 0.360. The Morgan fingerprint density at radius 1 is 1.11 bits per heavy atom. The molecule has 0 aliphatic heterocycles. The Balaban J connectivity index is 1.63. The van der Waals surface area contributed by atoms with Crippen molar-refractivity contribution in [2.75, 3.05) is 5.32 Å². The molecule has 5 nitrogen and oxygen atoms in total. The van der Waals surface area contributed by atoms with Crippen molar-refractivity contribution >= 4 is 5.95 Å². The molecule has 1 aromatic carbocycles. The molecule has 0 bridgehead atoms. The summed E-state index contributed by atoms with van der Waals surface area (Å²) in [7, 11) is 0. The van der Waals surface area contributed by atoms with Gasteiger partial charge in [0.15, 0.2) is 5.82 Å². The van der Waals surface area contributed by atoms with Crippen LogP contribution in [0.15, 0.2) is 53.6 Å². The van der Waals surface area contributed by atoms with Gasteiger partial charge >= 0.3 is 0 Å². The van der Waals surface area contributed by atoms with Gasteiger partial charge in [0.25, 0.3) is 5.56 Å². The van der Waals surface area contributed by atoms with E-state index in [0.29, 0.717) is 28.7 Å². The molecule has 0 saturated heterocycles. The first-order chi connectivity index (χ1) is 13.6. The van der Waals surface area contributed by atoms with Gasteiger partial charge in [-0.3, -0.25) is 4.79 Å². The van der Waals surface area contributed by atoms with Crippen LogP contribution in [0.4, 0.5) is 10.3 Å². The van der Waals surface area contributed by atoms with E-state index in [1.165, 1.54) is 19.0 Å². The molecule has 2 N–H and O–H groups in total. The van der Waals surface area contributed by atoms with E-state index in [0.717, 1.165) is 18.8 Å². The van der Waals surface area contributed by atoms with Crippen molar-refractivity contribution in [3.8, 4) is 22.4 Å². The molecule has 1 fully saturated rings. The summed E-state index contributed by atoms with van der Waals surface area (Å²) < 4.78 is 14.5. The number of nitrogens with zero attached hydrogens (tertiary/aromatic N) is 2. The third-order valence-electron chi connectivity index (χ3n) is 5.36. The number of benzene rings is 1. The number of hydrogen-bond donors (Lipinski definition) is 2. The second kappa shape index (κ2) is 7.92. The molecule has 0 amide bonds. The summed E-state index contributed by atoms with van der Waals surface area (Å²) in [6.07, 6.45) is 7.30. The minimum absolute atomic E-state index is 0.184. The minimum atomic E-state index is -0.484. The van der Waals surface area contributed by atoms with Crippen molar-refractivity contribution in [1.82, 2.24) is 15.0 Å². The average molecular weight is 378 g/mol. The van der Waals surface area contributed by atoms with E-state index in [1.54, 1.807) is 36.5 Å². The number of rotatable bonds is 4. The van der Waals surface area contributed by atoms with E-state index in [9.17, 15) is 9.18 Å². The fraction of sp³-hybridized carbons (Fsp3) is 0.318. The van der Waals surface area contributed by atoms with E-state index < -0.39 is 5.82 Å². The molecule has 1 saturated carbocycles. The molecule has 1 aliphatic carbocycles. The first kappa shape index (κ1) is 18.3. The zero-order valence-electron chi connectivity index (χ0n) is 15.8. The summed E-state index contributed by atoms with van der Waals surface area (Å²) in [6, 6.07) is 11.0. The van der Waals surface area contributed by atoms with Crippen molar-refractivity contribution in [1.29, 1.82) is 0 Å². The number of hydrogen-bond acceptors (Lipinski definition) is 4. The highest BCUT2D eigenvalue weighted by atomic mass is 19.1. The molecule has 0 unspecified atom stereocenters. The number of H-pyrrole nitrogens is 1. The molecule has 144 valence electrons. The Bertz CT molecular complexity index is 1020. The number of pyridine rings is 1. The SMILES string of the molecule is CC1CCC(Nc2ncc(F)c(-c3cccc(-c4ccc[nH]c4=O)c3)n2)CC1. The van der Waals surface area contributed by atoms with Crippen LogP contribution >= 0.6 is 0 Å². The Hall–Kier alpha value is -3.02. The summed E-state index contributed by atoms with van der Waals surface area (Å²) in [5, 5.41) is 3.35. The van der Waals surface area contributed by atoms with Crippen LogP contribution in [0, 0.1) is 11.7 Å². The quantitative estimate of drug-likeness (QED) is 0.694. The van der Waals surface area contributed by atoms with Crippen molar-refractivity contribution in [3.63, 3.8) is 0 Å². The van der Waals surface area contributed by atoms with Crippen molar-refractivity contribution < 1.29 is 4.39 Å². The van der Waals surface area contributed by atoms with Crippen LogP contribution in [0.1, 0.15) is 32.6 Å². The molecule has 4 rings (SSSR count). The number of aromatic amines is 1. The zero-order chi connectivity index (χ0) is 19.5. The lowest BCUT2D eigenvalue weighted by Gasteiger charge is -2.26. The fourth-order valence-electron chi connectivity index (χ4n) is 3.71. The van der Waals surface area contributed by atoms with E-state index in [2.05, 4.69) is 27.2 Å². The Morgan fingerprint density at radius 3 is 2.68 bits per heavy atom. The van der Waals surface area contributed by atoms with Gasteiger partial charge < -0.3 is 10.3 Å². The summed E-state index contributed by atoms with van der Waals surface area (Å²) in [6.45, 7) is 2.27. The molecule has 6 heteroatoms. The number of anilines is 1. The lowest BCUT2D eigenvalue weighted by atomic mass is 9.87. The van der Waals surface area contributed by atoms with Gasteiger partial charge in [0.2, 0.25) is 5.95 Å². The maximum atomic E-state index is 14.5. The Labute approximate surface area is 163 Å². The Kier molecular flexibility index (Phi) is 5.19. The van der Waals surface area contributed by atoms with Crippen LogP contribution in [0.2, 0.25) is 0 Å². The van der Waals surface area contributed by atoms with Gasteiger partial charge in [-0.05, 0) is 55.4 Å². The molecular formula is C22H23FN4O. The predicted octanol–water partition coefficient (Wildman–Crippen LogP) is 4.63. The van der Waals surface area contributed by atoms with Crippen molar-refractivity contribution in [2.24, 2.45) is 5.92 Å². The highest BCUT2D eigenvalue weighted by Crippen LogP contribution is 2.28. The van der Waals surface area contributed by atoms with Crippen LogP contribution in [-0.4, -0.2) is 21.0 Å². The topological polar surface area (TPSA) is 70.7 Å². The van der Waals surface area contributed by atoms with Crippen molar-refractivity contribution in [2.45, 2.75) is 38.6 Å². The van der Waals surface area contributed by atoms with Gasteiger partial charge in [-0.15, -0.1) is 0 Å². The van der Waals surface area contributed by atoms with Crippen LogP contribution in [-0.2, 0) is 0 Å². The smallest absolute Gasteiger partial charge is 0.255 e. The van der Waals surface area contributed by atoms with Gasteiger partial charge in [0.1, 0.15) is 5.69 Å². The lowest BCUT2D eigenvalue weighted by Crippen LogP contribution is -2.26. The second-order valence-electron chi connectivity index (χ2n) is 7.49. The van der Waals surface area contributed by atoms with Gasteiger partial charge in [0, 0.05) is 23.4 Å². The molecule has 2 heterocycles. The van der Waals surface area contributed by atoms with Gasteiger partial charge in [-0.1, -0.05) is 25.1 Å². The van der Waals surface area contributed by atoms with Crippen LogP contribution < -0.4 is 10.9 Å². The van der Waals surface area contributed by atoms with Crippen LogP contribution in [0.5, 0.6) is 0 Å². The summed E-state index contributed by atoms with van der Waals surface area (Å²) in [5.74, 6) is 0.715. The number of halogens is 1. The Morgan fingerprint density at radius 2 is 1.89 bits per heavy atom. The van der Waals surface area contributed by atoms with E-state index in [4.69, 9.17) is 0 Å². The van der Waals surface area contributed by atoms with E-state index >= 15 is 0 Å². The highest BCUT2D eigenvalue weighted by Gasteiger charge is 2.19. The second-order valence-corrected chi connectivity index (χ2v) is 7.49. The third-order valence-corrected chi connectivity index (χ3v) is 5.36. The summed E-state index contributed by atoms with van der Waals surface area (Å²) in [5.41, 5.74) is 1.91. The van der Waals surface area contributed by atoms with Crippen LogP contribution in [0.25, 0.3) is 22.4 Å². The van der Waals surface area contributed by atoms with Gasteiger partial charge in [-0.25, -0.2) is 14.4 Å². The highest BCUT2D eigenvalue weighted by molar-refractivity contribution is 5.71. The summed E-state index contributed by atoms with van der Waals surface area (Å²) >= 11 is 0. The molecule has 2 aromatic heterocycles. The molecular weight excluding hydrogens is 355 g/mol. The average Bonchev–Trinajstić information content (AvgIpc) is 2.71. The third kappa shape index (κ3) is 3.96. The molecule has 28 heavy (non-hydrogen) atoms. The maximum Gasteiger partial charge on any atom is 0.255 e. The molecule has 0 spiro atoms. The molecule has 0 radical (unpaired) electrons. The molecule has 1 aliphatic rings. The van der Waals surface area contributed by atoms with E-state index in [1.807, 2.05) is 6.07 Å². The number of nitrogens with one attached hydrogen (secondary N) is 2. The first-order valence-electron chi connectivity index (χ1n) is 9.68. The monoisotopic (exact) mass is 378 g/mol. The fourth-order valence-corrected chi connectivity index (χ4v) is 3.71. The standard InChI is InChI=1S/C22H23FN4O/c1-14-7-9-17(10-8-14)26-22-25-13-19(23)20(27-22)16-5-2-4-15(12-16)18-6-3-11-24-21(18)28/h2-6,11-14,17H,7-10H2,1H3,(H,24,28)(H,25,26,27). The normalized spacial score (nSPS) is 19.4. The van der Waals surface area contributed by atoms with Gasteiger partial charge in [-0.2, -0.15) is 0 Å². The maximum absolute atomic E-state index is 14.5. The van der Waals surface area contributed by atoms with Gasteiger partial charge in [0.05, 0.1) is 6.20 Å². The minimum Gasteiger partial charge on any atom is -0.351 e. The molecule has 0 atom stereocenters. The predicted molar refractivity (Wildman–Crippen MR) is 109 cm³/mol. The summed E-state index contributed by atoms with van der Waals surface area (Å²) in [4.78, 5) is 23.3. The first-order valence-corrected chi connectivity index (χ1v) is 9.68. The largest absolute Gasteiger partial charge is 0.351 e. The van der Waals surface area contributed by atoms with E-state index in [-0.39, 0.29) is 11.3 Å². The molecule has 3 aromatic rings. The number of aromatic nitrogens is 3.